The van der Waals surface area contributed by atoms with E-state index in [1.54, 1.807) is 0 Å². The van der Waals surface area contributed by atoms with Crippen LogP contribution in [0.3, 0.4) is 0 Å². The van der Waals surface area contributed by atoms with Gasteiger partial charge in [0.1, 0.15) is 0 Å². The fourth-order valence-electron chi connectivity index (χ4n) is 5.24. The van der Waals surface area contributed by atoms with Crippen molar-refractivity contribution in [1.82, 2.24) is 0 Å². The van der Waals surface area contributed by atoms with Gasteiger partial charge in [-0.1, -0.05) is 66.2 Å². The maximum absolute atomic E-state index is 13.3. The molecule has 5 rings (SSSR count). The van der Waals surface area contributed by atoms with Crippen molar-refractivity contribution in [2.45, 2.75) is 37.6 Å². The minimum atomic E-state index is 0.0366. The minimum Gasteiger partial charge on any atom is -0.381 e. The molecule has 0 aromatic heterocycles. The highest BCUT2D eigenvalue weighted by Crippen LogP contribution is 2.49. The number of ketones is 1. The first-order valence-corrected chi connectivity index (χ1v) is 10.6. The van der Waals surface area contributed by atoms with E-state index in [4.69, 9.17) is 11.6 Å². The fourth-order valence-corrected chi connectivity index (χ4v) is 5.46. The van der Waals surface area contributed by atoms with Crippen LogP contribution in [-0.4, -0.2) is 11.8 Å². The highest BCUT2D eigenvalue weighted by atomic mass is 35.5. The highest BCUT2D eigenvalue weighted by Gasteiger charge is 2.42. The number of carbonyl (C=O) groups excluding carboxylic acids is 1. The van der Waals surface area contributed by atoms with Crippen LogP contribution in [0.25, 0.3) is 0 Å². The number of nitrogens with one attached hydrogen (secondary N) is 1. The van der Waals surface area contributed by atoms with Crippen molar-refractivity contribution < 1.29 is 4.79 Å². The summed E-state index contributed by atoms with van der Waals surface area (Å²) in [6.07, 6.45) is 13.8. The smallest absolute Gasteiger partial charge is 0.195 e. The Kier molecular flexibility index (Phi) is 4.60. The normalized spacial score (nSPS) is 27.8. The van der Waals surface area contributed by atoms with E-state index in [1.807, 2.05) is 36.4 Å². The topological polar surface area (TPSA) is 29.1 Å². The van der Waals surface area contributed by atoms with Crippen LogP contribution in [0.4, 0.5) is 5.69 Å². The summed E-state index contributed by atoms with van der Waals surface area (Å²) >= 11 is 6.48. The summed E-state index contributed by atoms with van der Waals surface area (Å²) in [5.74, 6) is 1.53. The van der Waals surface area contributed by atoms with Crippen LogP contribution < -0.4 is 5.32 Å². The van der Waals surface area contributed by atoms with Gasteiger partial charge in [-0.15, -0.1) is 0 Å². The molecule has 28 heavy (non-hydrogen) atoms. The number of hydrogen-bond donors (Lipinski definition) is 1. The second kappa shape index (κ2) is 7.25. The Balaban J connectivity index is 1.60. The molecular formula is C25H24ClNO. The van der Waals surface area contributed by atoms with Crippen LogP contribution in [0, 0.1) is 11.8 Å². The molecule has 2 aromatic carbocycles. The van der Waals surface area contributed by atoms with Gasteiger partial charge in [-0.3, -0.25) is 4.79 Å². The first-order chi connectivity index (χ1) is 13.7. The average molecular weight is 390 g/mol. The monoisotopic (exact) mass is 389 g/mol. The van der Waals surface area contributed by atoms with Gasteiger partial charge in [-0.05, 0) is 55.2 Å². The van der Waals surface area contributed by atoms with Crippen molar-refractivity contribution in [2.24, 2.45) is 11.8 Å². The Hall–Kier alpha value is -2.32. The molecule has 0 spiro atoms. The molecule has 0 amide bonds. The highest BCUT2D eigenvalue weighted by molar-refractivity contribution is 6.31. The number of rotatable bonds is 3. The molecule has 1 aliphatic heterocycles. The number of carbonyl (C=O) groups is 1. The molecule has 0 fully saturated rings. The number of benzene rings is 2. The third-order valence-electron chi connectivity index (χ3n) is 6.58. The van der Waals surface area contributed by atoms with Crippen molar-refractivity contribution >= 4 is 23.1 Å². The summed E-state index contributed by atoms with van der Waals surface area (Å²) in [5, 5.41) is 4.47. The minimum absolute atomic E-state index is 0.0366. The fraction of sp³-hybridized carbons (Fsp3) is 0.320. The van der Waals surface area contributed by atoms with Gasteiger partial charge in [-0.2, -0.15) is 0 Å². The van der Waals surface area contributed by atoms with Gasteiger partial charge in [0.15, 0.2) is 5.78 Å². The molecule has 0 unspecified atom stereocenters. The standard InChI is InChI=1S/C25H24ClNO/c26-18-14-21-19-12-7-13-20(19)23(16-8-3-1-4-9-16)27-24(21)22(15-18)25(28)17-10-5-2-6-11-17/h1-3,5-7,10-12,14-16,19-20,23,27H,4,8-9,13H2/t16-,19-,20+,23-/m1/s1. The summed E-state index contributed by atoms with van der Waals surface area (Å²) in [6, 6.07) is 13.8. The Bertz CT molecular complexity index is 962. The summed E-state index contributed by atoms with van der Waals surface area (Å²) in [7, 11) is 0. The predicted octanol–water partition coefficient (Wildman–Crippen LogP) is 6.38. The van der Waals surface area contributed by atoms with Gasteiger partial charge in [-0.25, -0.2) is 0 Å². The Morgan fingerprint density at radius 1 is 1.04 bits per heavy atom. The van der Waals surface area contributed by atoms with Crippen LogP contribution in [0.2, 0.25) is 5.02 Å². The van der Waals surface area contributed by atoms with Crippen LogP contribution in [0.1, 0.15) is 53.1 Å². The molecule has 2 nitrogen and oxygen atoms in total. The molecule has 4 atom stereocenters. The molecule has 0 radical (unpaired) electrons. The summed E-state index contributed by atoms with van der Waals surface area (Å²) in [6.45, 7) is 0. The number of allylic oxidation sites excluding steroid dienone is 4. The van der Waals surface area contributed by atoms with Crippen molar-refractivity contribution in [3.05, 3.63) is 88.5 Å². The molecule has 142 valence electrons. The van der Waals surface area contributed by atoms with Gasteiger partial charge in [0, 0.05) is 33.8 Å². The van der Waals surface area contributed by atoms with E-state index in [1.165, 1.54) is 12.0 Å². The van der Waals surface area contributed by atoms with Crippen molar-refractivity contribution in [3.8, 4) is 0 Å². The Morgan fingerprint density at radius 3 is 2.68 bits per heavy atom. The molecule has 0 saturated heterocycles. The molecule has 1 heterocycles. The van der Waals surface area contributed by atoms with Crippen LogP contribution in [0.15, 0.2) is 66.8 Å². The van der Waals surface area contributed by atoms with Gasteiger partial charge in [0.2, 0.25) is 0 Å². The van der Waals surface area contributed by atoms with E-state index in [0.29, 0.717) is 39.9 Å². The van der Waals surface area contributed by atoms with E-state index in [9.17, 15) is 4.79 Å². The maximum atomic E-state index is 13.3. The van der Waals surface area contributed by atoms with Gasteiger partial charge >= 0.3 is 0 Å². The molecule has 3 aliphatic rings. The zero-order valence-electron chi connectivity index (χ0n) is 15.8. The average Bonchev–Trinajstić information content (AvgIpc) is 3.24. The molecule has 0 saturated carbocycles. The summed E-state index contributed by atoms with van der Waals surface area (Å²) in [5.41, 5.74) is 3.57. The molecule has 1 N–H and O–H groups in total. The van der Waals surface area contributed by atoms with E-state index in [-0.39, 0.29) is 5.78 Å². The molecule has 3 heteroatoms. The number of hydrogen-bond acceptors (Lipinski definition) is 2. The largest absolute Gasteiger partial charge is 0.381 e. The molecule has 2 aliphatic carbocycles. The Morgan fingerprint density at radius 2 is 1.89 bits per heavy atom. The van der Waals surface area contributed by atoms with E-state index >= 15 is 0 Å². The second-order valence-electron chi connectivity index (χ2n) is 8.18. The van der Waals surface area contributed by atoms with E-state index in [0.717, 1.165) is 24.9 Å². The summed E-state index contributed by atoms with van der Waals surface area (Å²) in [4.78, 5) is 13.3. The van der Waals surface area contributed by atoms with Crippen LogP contribution in [-0.2, 0) is 0 Å². The SMILES string of the molecule is O=C(c1ccccc1)c1cc(Cl)cc2c1N[C@H]([C@@H]1CC=CCC1)[C@H]1CC=C[C@@H]21. The quantitative estimate of drug-likeness (QED) is 0.487. The van der Waals surface area contributed by atoms with Crippen molar-refractivity contribution in [2.75, 3.05) is 5.32 Å². The third-order valence-corrected chi connectivity index (χ3v) is 6.79. The number of fused-ring (bicyclic) bond motifs is 3. The first-order valence-electron chi connectivity index (χ1n) is 10.2. The molecule has 0 bridgehead atoms. The van der Waals surface area contributed by atoms with Gasteiger partial charge in [0.05, 0.1) is 0 Å². The van der Waals surface area contributed by atoms with Gasteiger partial charge < -0.3 is 5.32 Å². The van der Waals surface area contributed by atoms with Gasteiger partial charge in [0.25, 0.3) is 0 Å². The second-order valence-corrected chi connectivity index (χ2v) is 8.62. The zero-order valence-corrected chi connectivity index (χ0v) is 16.5. The van der Waals surface area contributed by atoms with Crippen molar-refractivity contribution in [1.29, 1.82) is 0 Å². The van der Waals surface area contributed by atoms with E-state index < -0.39 is 0 Å². The molecular weight excluding hydrogens is 366 g/mol. The number of anilines is 1. The lowest BCUT2D eigenvalue weighted by atomic mass is 9.71. The lowest BCUT2D eigenvalue weighted by Crippen LogP contribution is -2.42. The predicted molar refractivity (Wildman–Crippen MR) is 115 cm³/mol. The lowest BCUT2D eigenvalue weighted by Gasteiger charge is -2.42. The number of halogens is 1. The third kappa shape index (κ3) is 3.00. The van der Waals surface area contributed by atoms with Crippen LogP contribution in [0.5, 0.6) is 0 Å². The lowest BCUT2D eigenvalue weighted by molar-refractivity contribution is 0.103. The van der Waals surface area contributed by atoms with E-state index in [2.05, 4.69) is 35.7 Å². The maximum Gasteiger partial charge on any atom is 0.195 e. The molecule has 2 aromatic rings. The zero-order chi connectivity index (χ0) is 19.1. The van der Waals surface area contributed by atoms with Crippen molar-refractivity contribution in [3.63, 3.8) is 0 Å². The Labute approximate surface area is 171 Å². The first kappa shape index (κ1) is 17.8. The van der Waals surface area contributed by atoms with Crippen LogP contribution >= 0.6 is 11.6 Å². The summed E-state index contributed by atoms with van der Waals surface area (Å²) < 4.78 is 0.